The fourth-order valence-corrected chi connectivity index (χ4v) is 6.07. The monoisotopic (exact) mass is 628 g/mol. The first-order valence-corrected chi connectivity index (χ1v) is 16.5. The third-order valence-corrected chi connectivity index (χ3v) is 8.77. The van der Waals surface area contributed by atoms with Crippen LogP contribution in [0.15, 0.2) is 104 Å². The molecule has 6 aromatic rings. The van der Waals surface area contributed by atoms with Gasteiger partial charge in [-0.25, -0.2) is 9.97 Å². The van der Waals surface area contributed by atoms with E-state index < -0.39 is 0 Å². The van der Waals surface area contributed by atoms with E-state index in [1.807, 2.05) is 55.0 Å². The number of rotatable bonds is 15. The molecule has 0 saturated heterocycles. The van der Waals surface area contributed by atoms with Gasteiger partial charge in [0, 0.05) is 85.3 Å². The number of aromatic nitrogens is 4. The topological polar surface area (TPSA) is 80.5 Å². The molecule has 0 bridgehead atoms. The Morgan fingerprint density at radius 1 is 0.681 bits per heavy atom. The predicted octanol–water partition coefficient (Wildman–Crippen LogP) is 8.33. The predicted molar refractivity (Wildman–Crippen MR) is 184 cm³/mol. The number of nitrogens with zero attached hydrogens (tertiary/aromatic N) is 4. The number of aryl methyl sites for hydroxylation is 1. The Balaban J connectivity index is 0.808. The third kappa shape index (κ3) is 7.55. The first-order valence-electron chi connectivity index (χ1n) is 16.5. The quantitative estimate of drug-likeness (QED) is 0.106. The standard InChI is InChI=1S/C39H40N4O4/c1-43-36-16-17-40-26-35(36)34-13-11-29(21-37(34)43)30-12-14-38(42-25-30)47-33-22-32(23-33)46-31-15-18-41-39(24-31)45-20-8-3-2-7-19-44-27-28-9-5-4-6-10-28/h4-6,9-18,21,24-26,32-33H,2-3,7-8,19-20,22-23,27H2,1H3. The lowest BCUT2D eigenvalue weighted by Crippen LogP contribution is -2.41. The molecule has 47 heavy (non-hydrogen) atoms. The van der Waals surface area contributed by atoms with Crippen LogP contribution in [0, 0.1) is 0 Å². The van der Waals surface area contributed by atoms with Gasteiger partial charge >= 0.3 is 0 Å². The highest BCUT2D eigenvalue weighted by Gasteiger charge is 2.33. The van der Waals surface area contributed by atoms with Gasteiger partial charge in [0.1, 0.15) is 18.0 Å². The minimum absolute atomic E-state index is 0.0837. The SMILES string of the molecule is Cn1c2ccncc2c2ccc(-c3ccc(OC4CC(Oc5ccnc(OCCCCCCOCc6ccccc6)c5)C4)nc3)cc21. The van der Waals surface area contributed by atoms with Gasteiger partial charge in [-0.1, -0.05) is 48.9 Å². The van der Waals surface area contributed by atoms with E-state index in [9.17, 15) is 0 Å². The van der Waals surface area contributed by atoms with Crippen LogP contribution >= 0.6 is 0 Å². The summed E-state index contributed by atoms with van der Waals surface area (Å²) in [6.07, 6.45) is 13.5. The van der Waals surface area contributed by atoms with Crippen molar-refractivity contribution >= 4 is 21.8 Å². The van der Waals surface area contributed by atoms with Crippen LogP contribution in [-0.4, -0.2) is 44.9 Å². The Morgan fingerprint density at radius 2 is 1.51 bits per heavy atom. The second-order valence-corrected chi connectivity index (χ2v) is 12.2. The molecule has 0 radical (unpaired) electrons. The van der Waals surface area contributed by atoms with Crippen molar-refractivity contribution in [3.63, 3.8) is 0 Å². The van der Waals surface area contributed by atoms with Gasteiger partial charge in [-0.2, -0.15) is 0 Å². The van der Waals surface area contributed by atoms with E-state index in [1.165, 1.54) is 22.0 Å². The molecule has 0 aliphatic heterocycles. The molecule has 240 valence electrons. The Hall–Kier alpha value is -4.95. The maximum atomic E-state index is 6.18. The second kappa shape index (κ2) is 14.6. The molecule has 0 unspecified atom stereocenters. The summed E-state index contributed by atoms with van der Waals surface area (Å²) in [5.41, 5.74) is 5.74. The Kier molecular flexibility index (Phi) is 9.56. The van der Waals surface area contributed by atoms with Crippen LogP contribution < -0.4 is 14.2 Å². The number of hydrogen-bond acceptors (Lipinski definition) is 7. The first-order chi connectivity index (χ1) is 23.2. The molecule has 8 nitrogen and oxygen atoms in total. The van der Waals surface area contributed by atoms with E-state index in [0.717, 1.165) is 67.4 Å². The lowest BCUT2D eigenvalue weighted by atomic mass is 9.92. The Labute approximate surface area is 275 Å². The maximum Gasteiger partial charge on any atom is 0.216 e. The molecule has 1 fully saturated rings. The summed E-state index contributed by atoms with van der Waals surface area (Å²) in [5, 5.41) is 2.37. The van der Waals surface area contributed by atoms with Gasteiger partial charge in [-0.3, -0.25) is 4.98 Å². The zero-order valence-corrected chi connectivity index (χ0v) is 26.8. The molecule has 2 aromatic carbocycles. The summed E-state index contributed by atoms with van der Waals surface area (Å²) in [7, 11) is 2.09. The zero-order valence-electron chi connectivity index (χ0n) is 26.8. The number of hydrogen-bond donors (Lipinski definition) is 0. The molecule has 1 aliphatic carbocycles. The van der Waals surface area contributed by atoms with E-state index in [-0.39, 0.29) is 12.2 Å². The average molecular weight is 629 g/mol. The summed E-state index contributed by atoms with van der Waals surface area (Å²) in [5.74, 6) is 2.01. The number of benzene rings is 2. The summed E-state index contributed by atoms with van der Waals surface area (Å²) in [4.78, 5) is 13.3. The van der Waals surface area contributed by atoms with E-state index >= 15 is 0 Å². The van der Waals surface area contributed by atoms with Crippen LogP contribution in [0.25, 0.3) is 32.9 Å². The minimum Gasteiger partial charge on any atom is -0.490 e. The van der Waals surface area contributed by atoms with Crippen molar-refractivity contribution in [2.75, 3.05) is 13.2 Å². The molecule has 7 rings (SSSR count). The minimum atomic E-state index is 0.0837. The summed E-state index contributed by atoms with van der Waals surface area (Å²) < 4.78 is 26.2. The fraction of sp³-hybridized carbons (Fsp3) is 0.308. The lowest BCUT2D eigenvalue weighted by Gasteiger charge is -2.35. The Bertz CT molecular complexity index is 1900. The molecule has 0 amide bonds. The van der Waals surface area contributed by atoms with E-state index in [0.29, 0.717) is 25.0 Å². The summed E-state index contributed by atoms with van der Waals surface area (Å²) >= 11 is 0. The molecule has 0 N–H and O–H groups in total. The van der Waals surface area contributed by atoms with Crippen LogP contribution in [0.1, 0.15) is 44.1 Å². The number of fused-ring (bicyclic) bond motifs is 3. The number of unbranched alkanes of at least 4 members (excludes halogenated alkanes) is 3. The van der Waals surface area contributed by atoms with E-state index in [4.69, 9.17) is 18.9 Å². The van der Waals surface area contributed by atoms with Gasteiger partial charge in [-0.15, -0.1) is 0 Å². The van der Waals surface area contributed by atoms with Crippen LogP contribution in [-0.2, 0) is 18.4 Å². The molecule has 0 spiro atoms. The van der Waals surface area contributed by atoms with Crippen LogP contribution in [0.2, 0.25) is 0 Å². The highest BCUT2D eigenvalue weighted by atomic mass is 16.5. The second-order valence-electron chi connectivity index (χ2n) is 12.2. The van der Waals surface area contributed by atoms with Crippen molar-refractivity contribution in [1.82, 2.24) is 19.5 Å². The van der Waals surface area contributed by atoms with Crippen molar-refractivity contribution in [1.29, 1.82) is 0 Å². The zero-order chi connectivity index (χ0) is 31.8. The molecule has 8 heteroatoms. The molecule has 4 heterocycles. The smallest absolute Gasteiger partial charge is 0.216 e. The van der Waals surface area contributed by atoms with Crippen LogP contribution in [0.3, 0.4) is 0 Å². The van der Waals surface area contributed by atoms with Crippen molar-refractivity contribution in [2.24, 2.45) is 7.05 Å². The van der Waals surface area contributed by atoms with Gasteiger partial charge in [0.15, 0.2) is 0 Å². The van der Waals surface area contributed by atoms with Gasteiger partial charge in [0.05, 0.1) is 18.7 Å². The van der Waals surface area contributed by atoms with Crippen molar-refractivity contribution < 1.29 is 18.9 Å². The molecular weight excluding hydrogens is 588 g/mol. The van der Waals surface area contributed by atoms with E-state index in [1.54, 1.807) is 6.20 Å². The Morgan fingerprint density at radius 3 is 2.36 bits per heavy atom. The normalized spacial score (nSPS) is 15.9. The van der Waals surface area contributed by atoms with Crippen molar-refractivity contribution in [2.45, 2.75) is 57.3 Å². The first kappa shape index (κ1) is 30.7. The van der Waals surface area contributed by atoms with Crippen molar-refractivity contribution in [3.8, 4) is 28.6 Å². The lowest BCUT2D eigenvalue weighted by molar-refractivity contribution is 0.00212. The highest BCUT2D eigenvalue weighted by molar-refractivity contribution is 6.08. The van der Waals surface area contributed by atoms with Gasteiger partial charge in [-0.05, 0) is 54.7 Å². The van der Waals surface area contributed by atoms with E-state index in [2.05, 4.69) is 69.0 Å². The molecule has 4 aromatic heterocycles. The average Bonchev–Trinajstić information content (AvgIpc) is 3.38. The highest BCUT2D eigenvalue weighted by Crippen LogP contribution is 2.33. The molecular formula is C39H40N4O4. The number of ether oxygens (including phenoxy) is 4. The number of pyridine rings is 3. The molecule has 0 atom stereocenters. The van der Waals surface area contributed by atoms with Gasteiger partial charge in [0.2, 0.25) is 11.8 Å². The largest absolute Gasteiger partial charge is 0.490 e. The third-order valence-electron chi connectivity index (χ3n) is 8.77. The van der Waals surface area contributed by atoms with Crippen LogP contribution in [0.5, 0.6) is 17.5 Å². The maximum absolute atomic E-state index is 6.18. The van der Waals surface area contributed by atoms with Gasteiger partial charge < -0.3 is 23.5 Å². The molecule has 1 saturated carbocycles. The van der Waals surface area contributed by atoms with Crippen LogP contribution in [0.4, 0.5) is 0 Å². The van der Waals surface area contributed by atoms with Crippen molar-refractivity contribution in [3.05, 3.63) is 109 Å². The summed E-state index contributed by atoms with van der Waals surface area (Å²) in [6, 6.07) is 26.6. The van der Waals surface area contributed by atoms with Gasteiger partial charge in [0.25, 0.3) is 0 Å². The summed E-state index contributed by atoms with van der Waals surface area (Å²) in [6.45, 7) is 2.11. The molecule has 1 aliphatic rings. The fourth-order valence-electron chi connectivity index (χ4n) is 6.07.